The van der Waals surface area contributed by atoms with E-state index < -0.39 is 0 Å². The Balaban J connectivity index is 1.71. The van der Waals surface area contributed by atoms with Crippen LogP contribution in [0.25, 0.3) is 0 Å². The third-order valence-corrected chi connectivity index (χ3v) is 3.87. The van der Waals surface area contributed by atoms with Crippen molar-refractivity contribution in [2.24, 2.45) is 5.73 Å². The topological polar surface area (TPSA) is 67.7 Å². The van der Waals surface area contributed by atoms with Crippen LogP contribution in [0.1, 0.15) is 22.5 Å². The van der Waals surface area contributed by atoms with Crippen LogP contribution in [0, 0.1) is 5.41 Å². The van der Waals surface area contributed by atoms with Gasteiger partial charge in [0.2, 0.25) is 0 Å². The van der Waals surface area contributed by atoms with Crippen molar-refractivity contribution < 1.29 is 0 Å². The van der Waals surface area contributed by atoms with Gasteiger partial charge in [-0.2, -0.15) is 0 Å². The summed E-state index contributed by atoms with van der Waals surface area (Å²) >= 11 is 0. The summed E-state index contributed by atoms with van der Waals surface area (Å²) in [6.45, 7) is 0.741. The molecule has 3 aromatic rings. The van der Waals surface area contributed by atoms with Gasteiger partial charge in [0.25, 0.3) is 0 Å². The molecule has 0 radical (unpaired) electrons. The van der Waals surface area contributed by atoms with Gasteiger partial charge in [-0.05, 0) is 23.6 Å². The van der Waals surface area contributed by atoms with Gasteiger partial charge in [-0.3, -0.25) is 5.41 Å². The van der Waals surface area contributed by atoms with Gasteiger partial charge in [0, 0.05) is 30.9 Å². The number of aromatic nitrogens is 2. The summed E-state index contributed by atoms with van der Waals surface area (Å²) in [4.78, 5) is 4.48. The molecule has 1 aromatic heterocycles. The molecular weight excluding hydrogens is 284 g/mol. The van der Waals surface area contributed by atoms with E-state index in [2.05, 4.69) is 33.8 Å². The number of hydrogen-bond donors (Lipinski definition) is 2. The molecule has 2 aromatic carbocycles. The van der Waals surface area contributed by atoms with Crippen LogP contribution in [0.5, 0.6) is 0 Å². The third kappa shape index (κ3) is 3.86. The van der Waals surface area contributed by atoms with Crippen LogP contribution in [0.2, 0.25) is 0 Å². The lowest BCUT2D eigenvalue weighted by Gasteiger charge is -2.09. The van der Waals surface area contributed by atoms with Crippen LogP contribution < -0.4 is 5.73 Å². The molecule has 0 fully saturated rings. The van der Waals surface area contributed by atoms with E-state index in [9.17, 15) is 0 Å². The van der Waals surface area contributed by atoms with E-state index in [1.54, 1.807) is 0 Å². The van der Waals surface area contributed by atoms with Gasteiger partial charge in [0.05, 0.1) is 0 Å². The first-order valence-electron chi connectivity index (χ1n) is 7.69. The van der Waals surface area contributed by atoms with Crippen LogP contribution in [-0.2, 0) is 19.4 Å². The summed E-state index contributed by atoms with van der Waals surface area (Å²) in [7, 11) is 0. The average molecular weight is 304 g/mol. The Labute approximate surface area is 136 Å². The highest BCUT2D eigenvalue weighted by atomic mass is 15.1. The Morgan fingerprint density at radius 2 is 1.78 bits per heavy atom. The molecule has 0 unspecified atom stereocenters. The number of imidazole rings is 1. The number of nitrogens with zero attached hydrogens (tertiary/aromatic N) is 2. The molecule has 23 heavy (non-hydrogen) atoms. The second-order valence-corrected chi connectivity index (χ2v) is 5.57. The standard InChI is InChI=1S/C19H20N4/c20-19(21)17-8-4-7-16(13-17)14-23-12-11-22-18(23)10-9-15-5-2-1-3-6-15/h1-8,11-13H,9-10,14H2,(H3,20,21). The molecule has 0 aliphatic carbocycles. The largest absolute Gasteiger partial charge is 0.384 e. The fourth-order valence-electron chi connectivity index (χ4n) is 2.65. The average Bonchev–Trinajstić information content (AvgIpc) is 3.01. The molecule has 0 saturated heterocycles. The molecule has 3 N–H and O–H groups in total. The molecule has 0 saturated carbocycles. The number of amidine groups is 1. The molecule has 1 heterocycles. The SMILES string of the molecule is N=C(N)c1cccc(Cn2ccnc2CCc2ccccc2)c1. The summed E-state index contributed by atoms with van der Waals surface area (Å²) in [6, 6.07) is 18.3. The Morgan fingerprint density at radius 3 is 2.57 bits per heavy atom. The van der Waals surface area contributed by atoms with Gasteiger partial charge in [-0.25, -0.2) is 4.98 Å². The first kappa shape index (κ1) is 15.0. The van der Waals surface area contributed by atoms with Crippen molar-refractivity contribution >= 4 is 5.84 Å². The number of hydrogen-bond acceptors (Lipinski definition) is 2. The van der Waals surface area contributed by atoms with Crippen LogP contribution >= 0.6 is 0 Å². The lowest BCUT2D eigenvalue weighted by molar-refractivity contribution is 0.712. The smallest absolute Gasteiger partial charge is 0.122 e. The minimum atomic E-state index is 0.0989. The molecule has 0 bridgehead atoms. The number of nitrogens with one attached hydrogen (secondary N) is 1. The minimum absolute atomic E-state index is 0.0989. The lowest BCUT2D eigenvalue weighted by atomic mass is 10.1. The minimum Gasteiger partial charge on any atom is -0.384 e. The number of benzene rings is 2. The summed E-state index contributed by atoms with van der Waals surface area (Å²) in [5.74, 6) is 1.17. The van der Waals surface area contributed by atoms with Gasteiger partial charge in [-0.1, -0.05) is 48.5 Å². The monoisotopic (exact) mass is 304 g/mol. The predicted octanol–water partition coefficient (Wildman–Crippen LogP) is 3.00. The van der Waals surface area contributed by atoms with Gasteiger partial charge >= 0.3 is 0 Å². The predicted molar refractivity (Wildman–Crippen MR) is 92.6 cm³/mol. The van der Waals surface area contributed by atoms with Crippen molar-refractivity contribution in [3.8, 4) is 0 Å². The van der Waals surface area contributed by atoms with Crippen molar-refractivity contribution in [2.45, 2.75) is 19.4 Å². The van der Waals surface area contributed by atoms with Crippen LogP contribution in [0.3, 0.4) is 0 Å². The molecule has 4 nitrogen and oxygen atoms in total. The molecule has 0 aliphatic rings. The summed E-state index contributed by atoms with van der Waals surface area (Å²) in [5.41, 5.74) is 8.76. The molecule has 0 spiro atoms. The highest BCUT2D eigenvalue weighted by Crippen LogP contribution is 2.11. The van der Waals surface area contributed by atoms with Crippen LogP contribution in [0.4, 0.5) is 0 Å². The molecule has 3 rings (SSSR count). The maximum absolute atomic E-state index is 7.54. The van der Waals surface area contributed by atoms with Gasteiger partial charge < -0.3 is 10.3 Å². The number of nitrogen functional groups attached to an aromatic ring is 1. The first-order valence-corrected chi connectivity index (χ1v) is 7.69. The van der Waals surface area contributed by atoms with E-state index in [4.69, 9.17) is 11.1 Å². The van der Waals surface area contributed by atoms with E-state index >= 15 is 0 Å². The molecular formula is C19H20N4. The lowest BCUT2D eigenvalue weighted by Crippen LogP contribution is -2.12. The second-order valence-electron chi connectivity index (χ2n) is 5.57. The zero-order valence-corrected chi connectivity index (χ0v) is 12.9. The molecule has 4 heteroatoms. The highest BCUT2D eigenvalue weighted by Gasteiger charge is 2.05. The van der Waals surface area contributed by atoms with E-state index in [0.717, 1.165) is 36.3 Å². The van der Waals surface area contributed by atoms with E-state index in [-0.39, 0.29) is 5.84 Å². The Morgan fingerprint density at radius 1 is 1.00 bits per heavy atom. The van der Waals surface area contributed by atoms with E-state index in [0.29, 0.717) is 0 Å². The fraction of sp³-hybridized carbons (Fsp3) is 0.158. The Bertz CT molecular complexity index is 790. The number of aryl methyl sites for hydroxylation is 2. The summed E-state index contributed by atoms with van der Waals surface area (Å²) in [5, 5.41) is 7.54. The Hall–Kier alpha value is -2.88. The van der Waals surface area contributed by atoms with Gasteiger partial charge in [0.1, 0.15) is 11.7 Å². The van der Waals surface area contributed by atoms with Crippen molar-refractivity contribution in [1.82, 2.24) is 9.55 Å². The number of rotatable bonds is 6. The second kappa shape index (κ2) is 6.92. The van der Waals surface area contributed by atoms with E-state index in [1.165, 1.54) is 5.56 Å². The zero-order chi connectivity index (χ0) is 16.1. The van der Waals surface area contributed by atoms with Gasteiger partial charge in [-0.15, -0.1) is 0 Å². The van der Waals surface area contributed by atoms with Gasteiger partial charge in [0.15, 0.2) is 0 Å². The van der Waals surface area contributed by atoms with Crippen molar-refractivity contribution in [3.05, 3.63) is 89.5 Å². The number of nitrogens with two attached hydrogens (primary N) is 1. The summed E-state index contributed by atoms with van der Waals surface area (Å²) in [6.07, 6.45) is 5.73. The van der Waals surface area contributed by atoms with Crippen molar-refractivity contribution in [3.63, 3.8) is 0 Å². The quantitative estimate of drug-likeness (QED) is 0.543. The zero-order valence-electron chi connectivity index (χ0n) is 12.9. The van der Waals surface area contributed by atoms with Crippen LogP contribution in [0.15, 0.2) is 67.0 Å². The van der Waals surface area contributed by atoms with Crippen molar-refractivity contribution in [1.29, 1.82) is 5.41 Å². The highest BCUT2D eigenvalue weighted by molar-refractivity contribution is 5.95. The maximum Gasteiger partial charge on any atom is 0.122 e. The maximum atomic E-state index is 7.54. The molecule has 0 amide bonds. The molecule has 0 aliphatic heterocycles. The van der Waals surface area contributed by atoms with E-state index in [1.807, 2.05) is 42.7 Å². The first-order chi connectivity index (χ1) is 11.2. The molecule has 116 valence electrons. The van der Waals surface area contributed by atoms with Crippen LogP contribution in [-0.4, -0.2) is 15.4 Å². The Kier molecular flexibility index (Phi) is 4.52. The third-order valence-electron chi connectivity index (χ3n) is 3.87. The molecule has 0 atom stereocenters. The normalized spacial score (nSPS) is 10.6. The fourth-order valence-corrected chi connectivity index (χ4v) is 2.65. The van der Waals surface area contributed by atoms with Crippen molar-refractivity contribution in [2.75, 3.05) is 0 Å². The summed E-state index contributed by atoms with van der Waals surface area (Å²) < 4.78 is 2.15.